The molecule has 2 aliphatic heterocycles. The SMILES string of the molecule is Cc1ccc(C(=O)N2CCC(c3ccc(C#N)cc3)CC2)cc1NC(=O)NCCCN1CCOCC1. The first-order valence-corrected chi connectivity index (χ1v) is 12.8. The van der Waals surface area contributed by atoms with Crippen molar-refractivity contribution < 1.29 is 14.3 Å². The largest absolute Gasteiger partial charge is 0.379 e. The van der Waals surface area contributed by atoms with E-state index < -0.39 is 0 Å². The van der Waals surface area contributed by atoms with Gasteiger partial charge in [-0.15, -0.1) is 0 Å². The molecule has 8 heteroatoms. The highest BCUT2D eigenvalue weighted by atomic mass is 16.5. The van der Waals surface area contributed by atoms with Crippen LogP contribution in [0.1, 0.15) is 52.2 Å². The molecule has 2 N–H and O–H groups in total. The van der Waals surface area contributed by atoms with Crippen LogP contribution in [0, 0.1) is 18.3 Å². The molecule has 2 aromatic rings. The number of carbonyl (C=O) groups excluding carboxylic acids is 2. The average molecular weight is 490 g/mol. The van der Waals surface area contributed by atoms with Gasteiger partial charge in [0.05, 0.1) is 24.8 Å². The van der Waals surface area contributed by atoms with Crippen LogP contribution in [-0.4, -0.2) is 74.2 Å². The lowest BCUT2D eigenvalue weighted by molar-refractivity contribution is 0.0375. The summed E-state index contributed by atoms with van der Waals surface area (Å²) in [4.78, 5) is 29.9. The van der Waals surface area contributed by atoms with Gasteiger partial charge in [0.2, 0.25) is 0 Å². The third-order valence-electron chi connectivity index (χ3n) is 7.07. The first-order chi connectivity index (χ1) is 17.5. The Bertz CT molecular complexity index is 1080. The number of piperidine rings is 1. The van der Waals surface area contributed by atoms with E-state index in [1.165, 1.54) is 5.56 Å². The molecule has 3 amide bonds. The zero-order valence-electron chi connectivity index (χ0n) is 21.0. The second-order valence-electron chi connectivity index (χ2n) is 9.52. The van der Waals surface area contributed by atoms with E-state index in [4.69, 9.17) is 10.00 Å². The van der Waals surface area contributed by atoms with Crippen molar-refractivity contribution in [1.82, 2.24) is 15.1 Å². The Hall–Kier alpha value is -3.41. The van der Waals surface area contributed by atoms with Gasteiger partial charge in [0.15, 0.2) is 0 Å². The van der Waals surface area contributed by atoms with E-state index in [2.05, 4.69) is 21.6 Å². The summed E-state index contributed by atoms with van der Waals surface area (Å²) in [6, 6.07) is 15.1. The Morgan fingerprint density at radius 1 is 1.06 bits per heavy atom. The molecule has 0 aromatic heterocycles. The third kappa shape index (κ3) is 6.84. The molecule has 190 valence electrons. The van der Waals surface area contributed by atoms with Crippen molar-refractivity contribution in [2.45, 2.75) is 32.1 Å². The molecular formula is C28H35N5O3. The number of ether oxygens (including phenoxy) is 1. The molecule has 0 radical (unpaired) electrons. The maximum atomic E-state index is 13.2. The summed E-state index contributed by atoms with van der Waals surface area (Å²) in [5, 5.41) is 14.8. The number of benzene rings is 2. The van der Waals surface area contributed by atoms with Gasteiger partial charge in [-0.25, -0.2) is 4.79 Å². The van der Waals surface area contributed by atoms with Crippen molar-refractivity contribution in [3.8, 4) is 6.07 Å². The van der Waals surface area contributed by atoms with Crippen molar-refractivity contribution in [3.63, 3.8) is 0 Å². The highest BCUT2D eigenvalue weighted by molar-refractivity contribution is 5.97. The molecule has 4 rings (SSSR count). The number of nitrogens with zero attached hydrogens (tertiary/aromatic N) is 3. The van der Waals surface area contributed by atoms with Crippen LogP contribution in [-0.2, 0) is 4.74 Å². The maximum Gasteiger partial charge on any atom is 0.319 e. The van der Waals surface area contributed by atoms with Crippen LogP contribution in [0.2, 0.25) is 0 Å². The minimum atomic E-state index is -0.257. The Labute approximate surface area is 213 Å². The zero-order chi connectivity index (χ0) is 25.3. The Morgan fingerprint density at radius 3 is 2.47 bits per heavy atom. The van der Waals surface area contributed by atoms with Gasteiger partial charge in [0.1, 0.15) is 0 Å². The number of hydrogen-bond acceptors (Lipinski definition) is 5. The molecule has 2 aromatic carbocycles. The predicted molar refractivity (Wildman–Crippen MR) is 139 cm³/mol. The van der Waals surface area contributed by atoms with E-state index in [1.54, 1.807) is 6.07 Å². The zero-order valence-corrected chi connectivity index (χ0v) is 21.0. The van der Waals surface area contributed by atoms with E-state index in [0.29, 0.717) is 42.4 Å². The molecule has 0 atom stereocenters. The van der Waals surface area contributed by atoms with Crippen molar-refractivity contribution >= 4 is 17.6 Å². The normalized spacial score (nSPS) is 16.8. The fourth-order valence-electron chi connectivity index (χ4n) is 4.81. The summed E-state index contributed by atoms with van der Waals surface area (Å²) in [6.07, 6.45) is 2.66. The van der Waals surface area contributed by atoms with Gasteiger partial charge in [-0.2, -0.15) is 5.26 Å². The first-order valence-electron chi connectivity index (χ1n) is 12.8. The van der Waals surface area contributed by atoms with Crippen LogP contribution in [0.15, 0.2) is 42.5 Å². The molecule has 0 bridgehead atoms. The summed E-state index contributed by atoms with van der Waals surface area (Å²) < 4.78 is 5.36. The van der Waals surface area contributed by atoms with Gasteiger partial charge in [0.25, 0.3) is 5.91 Å². The molecule has 0 saturated carbocycles. The molecule has 2 fully saturated rings. The topological polar surface area (TPSA) is 97.7 Å². The Kier molecular flexibility index (Phi) is 8.93. The molecular weight excluding hydrogens is 454 g/mol. The predicted octanol–water partition coefficient (Wildman–Crippen LogP) is 3.73. The van der Waals surface area contributed by atoms with Crippen LogP contribution in [0.5, 0.6) is 0 Å². The number of anilines is 1. The minimum absolute atomic E-state index is 0.0118. The number of morpholine rings is 1. The van der Waals surface area contributed by atoms with Gasteiger partial charge in [0, 0.05) is 44.0 Å². The molecule has 0 spiro atoms. The minimum Gasteiger partial charge on any atom is -0.379 e. The summed E-state index contributed by atoms with van der Waals surface area (Å²) in [7, 11) is 0. The smallest absolute Gasteiger partial charge is 0.319 e. The van der Waals surface area contributed by atoms with Crippen LogP contribution in [0.3, 0.4) is 0 Å². The fourth-order valence-corrected chi connectivity index (χ4v) is 4.81. The summed E-state index contributed by atoms with van der Waals surface area (Å²) in [5.41, 5.74) is 4.03. The number of likely N-dealkylation sites (tertiary alicyclic amines) is 1. The van der Waals surface area contributed by atoms with Crippen LogP contribution < -0.4 is 10.6 Å². The third-order valence-corrected chi connectivity index (χ3v) is 7.07. The van der Waals surface area contributed by atoms with E-state index in [-0.39, 0.29) is 11.9 Å². The van der Waals surface area contributed by atoms with Crippen molar-refractivity contribution in [1.29, 1.82) is 5.26 Å². The van der Waals surface area contributed by atoms with Gasteiger partial charge in [-0.1, -0.05) is 18.2 Å². The number of nitrogens with one attached hydrogen (secondary N) is 2. The first kappa shape index (κ1) is 25.7. The summed E-state index contributed by atoms with van der Waals surface area (Å²) in [5.74, 6) is 0.381. The number of hydrogen-bond donors (Lipinski definition) is 2. The highest BCUT2D eigenvalue weighted by Gasteiger charge is 2.25. The Morgan fingerprint density at radius 2 is 1.78 bits per heavy atom. The van der Waals surface area contributed by atoms with Crippen molar-refractivity contribution in [2.24, 2.45) is 0 Å². The monoisotopic (exact) mass is 489 g/mol. The fraction of sp³-hybridized carbons (Fsp3) is 0.464. The molecule has 2 aliphatic rings. The number of aryl methyl sites for hydroxylation is 1. The summed E-state index contributed by atoms with van der Waals surface area (Å²) in [6.45, 7) is 8.26. The van der Waals surface area contributed by atoms with E-state index in [9.17, 15) is 9.59 Å². The highest BCUT2D eigenvalue weighted by Crippen LogP contribution is 2.29. The lowest BCUT2D eigenvalue weighted by Gasteiger charge is -2.32. The Balaban J connectivity index is 1.26. The standard InChI is InChI=1S/C28H35N5O3/c1-21-3-6-25(19-26(21)31-28(35)30-11-2-12-32-15-17-36-18-16-32)27(34)33-13-9-24(10-14-33)23-7-4-22(20-29)5-8-23/h3-8,19,24H,2,9-18H2,1H3,(H2,30,31,35). The average Bonchev–Trinajstić information content (AvgIpc) is 2.93. The quantitative estimate of drug-likeness (QED) is 0.578. The second-order valence-corrected chi connectivity index (χ2v) is 9.52. The summed E-state index contributed by atoms with van der Waals surface area (Å²) >= 11 is 0. The maximum absolute atomic E-state index is 13.2. The molecule has 8 nitrogen and oxygen atoms in total. The number of carbonyl (C=O) groups is 2. The lowest BCUT2D eigenvalue weighted by atomic mass is 9.89. The molecule has 0 unspecified atom stereocenters. The van der Waals surface area contributed by atoms with Crippen molar-refractivity contribution in [2.75, 3.05) is 57.8 Å². The van der Waals surface area contributed by atoms with Crippen LogP contribution >= 0.6 is 0 Å². The number of urea groups is 1. The van der Waals surface area contributed by atoms with Crippen LogP contribution in [0.4, 0.5) is 10.5 Å². The molecule has 36 heavy (non-hydrogen) atoms. The number of amides is 3. The lowest BCUT2D eigenvalue weighted by Crippen LogP contribution is -2.38. The number of rotatable bonds is 7. The van der Waals surface area contributed by atoms with E-state index >= 15 is 0 Å². The van der Waals surface area contributed by atoms with Gasteiger partial charge in [-0.05, 0) is 74.0 Å². The molecule has 2 heterocycles. The molecule has 2 saturated heterocycles. The van der Waals surface area contributed by atoms with E-state index in [0.717, 1.165) is 57.7 Å². The van der Waals surface area contributed by atoms with Gasteiger partial charge in [-0.3, -0.25) is 9.69 Å². The van der Waals surface area contributed by atoms with Crippen molar-refractivity contribution in [3.05, 3.63) is 64.7 Å². The van der Waals surface area contributed by atoms with Crippen LogP contribution in [0.25, 0.3) is 0 Å². The molecule has 0 aliphatic carbocycles. The van der Waals surface area contributed by atoms with Gasteiger partial charge >= 0.3 is 6.03 Å². The number of nitriles is 1. The van der Waals surface area contributed by atoms with Gasteiger partial charge < -0.3 is 20.3 Å². The van der Waals surface area contributed by atoms with E-state index in [1.807, 2.05) is 48.2 Å². The second kappa shape index (κ2) is 12.5.